The molecule has 0 fully saturated rings. The van der Waals surface area contributed by atoms with E-state index in [-0.39, 0.29) is 29.5 Å². The maximum absolute atomic E-state index is 13.7. The van der Waals surface area contributed by atoms with Crippen molar-refractivity contribution in [2.45, 2.75) is 20.3 Å². The summed E-state index contributed by atoms with van der Waals surface area (Å²) in [5, 5.41) is 0. The number of sulfonamides is 1. The molecular formula is C14H19FN2O2S. The Labute approximate surface area is 119 Å². The lowest BCUT2D eigenvalue weighted by Crippen LogP contribution is -2.18. The number of rotatable bonds is 5. The van der Waals surface area contributed by atoms with Gasteiger partial charge in [0.1, 0.15) is 5.82 Å². The van der Waals surface area contributed by atoms with Gasteiger partial charge in [0.25, 0.3) is 0 Å². The zero-order valence-electron chi connectivity index (χ0n) is 11.6. The van der Waals surface area contributed by atoms with Gasteiger partial charge >= 0.3 is 0 Å². The summed E-state index contributed by atoms with van der Waals surface area (Å²) >= 11 is 0. The molecule has 20 heavy (non-hydrogen) atoms. The van der Waals surface area contributed by atoms with Gasteiger partial charge in [0.2, 0.25) is 10.0 Å². The van der Waals surface area contributed by atoms with Crippen molar-refractivity contribution in [1.29, 1.82) is 0 Å². The average molecular weight is 298 g/mol. The van der Waals surface area contributed by atoms with Gasteiger partial charge in [-0.15, -0.1) is 0 Å². The number of nitrogens with two attached hydrogens (primary N) is 1. The fraction of sp³-hybridized carbons (Fsp3) is 0.429. The zero-order chi connectivity index (χ0) is 15.2. The first-order valence-electron chi connectivity index (χ1n) is 6.33. The number of anilines is 1. The predicted octanol–water partition coefficient (Wildman–Crippen LogP) is 1.92. The molecule has 6 heteroatoms. The van der Waals surface area contributed by atoms with Crippen LogP contribution < -0.4 is 10.5 Å². The zero-order valence-corrected chi connectivity index (χ0v) is 12.4. The molecule has 0 saturated heterocycles. The van der Waals surface area contributed by atoms with Gasteiger partial charge < -0.3 is 5.73 Å². The van der Waals surface area contributed by atoms with E-state index in [0.29, 0.717) is 6.42 Å². The Hall–Kier alpha value is -1.58. The van der Waals surface area contributed by atoms with Crippen LogP contribution in [0.25, 0.3) is 0 Å². The minimum atomic E-state index is -3.45. The van der Waals surface area contributed by atoms with Gasteiger partial charge in [-0.25, -0.2) is 12.8 Å². The first-order valence-corrected chi connectivity index (χ1v) is 7.98. The van der Waals surface area contributed by atoms with Crippen molar-refractivity contribution in [2.75, 3.05) is 17.0 Å². The fourth-order valence-corrected chi connectivity index (χ4v) is 2.82. The molecule has 3 N–H and O–H groups in total. The molecule has 4 nitrogen and oxygen atoms in total. The van der Waals surface area contributed by atoms with Crippen molar-refractivity contribution in [2.24, 2.45) is 11.7 Å². The van der Waals surface area contributed by atoms with Gasteiger partial charge in [-0.1, -0.05) is 25.7 Å². The second-order valence-electron chi connectivity index (χ2n) is 4.80. The van der Waals surface area contributed by atoms with Gasteiger partial charge in [-0.3, -0.25) is 4.72 Å². The van der Waals surface area contributed by atoms with E-state index in [2.05, 4.69) is 16.6 Å². The van der Waals surface area contributed by atoms with E-state index in [1.54, 1.807) is 0 Å². The molecule has 1 aromatic rings. The Kier molecular flexibility index (Phi) is 5.99. The van der Waals surface area contributed by atoms with Crippen LogP contribution in [0.4, 0.5) is 10.1 Å². The van der Waals surface area contributed by atoms with Crippen LogP contribution in [-0.2, 0) is 10.0 Å². The van der Waals surface area contributed by atoms with Crippen molar-refractivity contribution < 1.29 is 12.8 Å². The predicted molar refractivity (Wildman–Crippen MR) is 79.2 cm³/mol. The van der Waals surface area contributed by atoms with E-state index in [4.69, 9.17) is 5.73 Å². The van der Waals surface area contributed by atoms with Crippen LogP contribution in [0.2, 0.25) is 0 Å². The maximum Gasteiger partial charge on any atom is 0.232 e. The quantitative estimate of drug-likeness (QED) is 0.816. The average Bonchev–Trinajstić information content (AvgIpc) is 2.35. The lowest BCUT2D eigenvalue weighted by molar-refractivity contribution is 0.578. The first kappa shape index (κ1) is 16.5. The van der Waals surface area contributed by atoms with E-state index in [1.807, 2.05) is 13.8 Å². The molecular weight excluding hydrogens is 279 g/mol. The summed E-state index contributed by atoms with van der Waals surface area (Å²) in [7, 11) is -3.45. The molecule has 1 rings (SSSR count). The van der Waals surface area contributed by atoms with Crippen LogP contribution >= 0.6 is 0 Å². The third-order valence-corrected chi connectivity index (χ3v) is 3.85. The van der Waals surface area contributed by atoms with Crippen LogP contribution in [0.1, 0.15) is 25.8 Å². The minimum Gasteiger partial charge on any atom is -0.320 e. The highest BCUT2D eigenvalue weighted by atomic mass is 32.2. The molecule has 0 unspecified atom stereocenters. The highest BCUT2D eigenvalue weighted by molar-refractivity contribution is 7.92. The Bertz CT molecular complexity index is 616. The van der Waals surface area contributed by atoms with Crippen molar-refractivity contribution in [3.8, 4) is 11.8 Å². The Morgan fingerprint density at radius 1 is 1.40 bits per heavy atom. The van der Waals surface area contributed by atoms with Crippen molar-refractivity contribution in [3.63, 3.8) is 0 Å². The summed E-state index contributed by atoms with van der Waals surface area (Å²) in [5.41, 5.74) is 5.60. The number of benzene rings is 1. The summed E-state index contributed by atoms with van der Waals surface area (Å²) in [4.78, 5) is 0. The lowest BCUT2D eigenvalue weighted by Gasteiger charge is -2.09. The number of hydrogen-bond donors (Lipinski definition) is 2. The van der Waals surface area contributed by atoms with Crippen LogP contribution in [0.3, 0.4) is 0 Å². The maximum atomic E-state index is 13.7. The van der Waals surface area contributed by atoms with Crippen molar-refractivity contribution >= 4 is 15.7 Å². The topological polar surface area (TPSA) is 72.2 Å². The fourth-order valence-electron chi connectivity index (χ4n) is 1.45. The van der Waals surface area contributed by atoms with Gasteiger partial charge in [-0.05, 0) is 30.5 Å². The third kappa shape index (κ3) is 5.59. The standard InChI is InChI=1S/C14H19FN2O2S/c1-11(2)7-9-20(18,19)17-13-6-5-12(4-3-8-16)14(15)10-13/h5-6,10-11,17H,7-9,16H2,1-2H3. The van der Waals surface area contributed by atoms with Gasteiger partial charge in [-0.2, -0.15) is 0 Å². The van der Waals surface area contributed by atoms with Gasteiger partial charge in [0.15, 0.2) is 0 Å². The summed E-state index contributed by atoms with van der Waals surface area (Å²) in [6.07, 6.45) is 0.553. The molecule has 110 valence electrons. The molecule has 0 aliphatic rings. The molecule has 0 saturated carbocycles. The highest BCUT2D eigenvalue weighted by Crippen LogP contribution is 2.16. The largest absolute Gasteiger partial charge is 0.320 e. The highest BCUT2D eigenvalue weighted by Gasteiger charge is 2.12. The molecule has 0 aliphatic carbocycles. The van der Waals surface area contributed by atoms with Crippen molar-refractivity contribution in [3.05, 3.63) is 29.6 Å². The Morgan fingerprint density at radius 3 is 2.65 bits per heavy atom. The summed E-state index contributed by atoms with van der Waals surface area (Å²) < 4.78 is 39.6. The molecule has 0 spiro atoms. The smallest absolute Gasteiger partial charge is 0.232 e. The number of nitrogens with one attached hydrogen (secondary N) is 1. The second-order valence-corrected chi connectivity index (χ2v) is 6.65. The summed E-state index contributed by atoms with van der Waals surface area (Å²) in [6.45, 7) is 4.03. The molecule has 0 radical (unpaired) electrons. The van der Waals surface area contributed by atoms with Gasteiger partial charge in [0.05, 0.1) is 23.5 Å². The van der Waals surface area contributed by atoms with Crippen molar-refractivity contribution in [1.82, 2.24) is 0 Å². The van der Waals surface area contributed by atoms with E-state index in [1.165, 1.54) is 12.1 Å². The van der Waals surface area contributed by atoms with E-state index in [0.717, 1.165) is 6.07 Å². The van der Waals surface area contributed by atoms with Gasteiger partial charge in [0, 0.05) is 0 Å². The molecule has 0 atom stereocenters. The lowest BCUT2D eigenvalue weighted by atomic mass is 10.2. The Balaban J connectivity index is 2.81. The molecule has 0 aromatic heterocycles. The molecule has 0 aliphatic heterocycles. The molecule has 0 heterocycles. The second kappa shape index (κ2) is 7.27. The first-order chi connectivity index (χ1) is 9.34. The summed E-state index contributed by atoms with van der Waals surface area (Å²) in [5.74, 6) is 4.85. The normalized spacial score (nSPS) is 11.1. The summed E-state index contributed by atoms with van der Waals surface area (Å²) in [6, 6.07) is 4.03. The molecule has 0 amide bonds. The SMILES string of the molecule is CC(C)CCS(=O)(=O)Nc1ccc(C#CCN)c(F)c1. The third-order valence-electron chi connectivity index (χ3n) is 2.53. The van der Waals surface area contributed by atoms with E-state index >= 15 is 0 Å². The minimum absolute atomic E-state index is 0.0149. The van der Waals surface area contributed by atoms with Crippen LogP contribution in [0.5, 0.6) is 0 Å². The molecule has 0 bridgehead atoms. The molecule has 1 aromatic carbocycles. The number of hydrogen-bond acceptors (Lipinski definition) is 3. The van der Waals surface area contributed by atoms with Crippen LogP contribution in [0, 0.1) is 23.6 Å². The van der Waals surface area contributed by atoms with E-state index < -0.39 is 15.8 Å². The van der Waals surface area contributed by atoms with E-state index in [9.17, 15) is 12.8 Å². The number of halogens is 1. The Morgan fingerprint density at radius 2 is 2.10 bits per heavy atom. The monoisotopic (exact) mass is 298 g/mol. The van der Waals surface area contributed by atoms with Crippen LogP contribution in [0.15, 0.2) is 18.2 Å². The van der Waals surface area contributed by atoms with Crippen LogP contribution in [-0.4, -0.2) is 20.7 Å².